The first-order chi connectivity index (χ1) is 25.7. The molecule has 0 fully saturated rings. The van der Waals surface area contributed by atoms with Crippen molar-refractivity contribution in [3.63, 3.8) is 0 Å². The van der Waals surface area contributed by atoms with E-state index in [1.54, 1.807) is 0 Å². The topological polar surface area (TPSA) is 29.0 Å². The second-order valence-electron chi connectivity index (χ2n) is 13.2. The molecular weight excluding hydrogens is 637 g/mol. The number of aromatic nitrogens is 2. The summed E-state index contributed by atoms with van der Waals surface area (Å²) in [5.74, 6) is 0.611. The maximum Gasteiger partial charge on any atom is 0.332 e. The lowest BCUT2D eigenvalue weighted by atomic mass is 9.45. The minimum atomic E-state index is -0.375. The zero-order valence-electron chi connectivity index (χ0n) is 28.4. The third-order valence-electron chi connectivity index (χ3n) is 10.4. The summed E-state index contributed by atoms with van der Waals surface area (Å²) in [7, 11) is 0. The van der Waals surface area contributed by atoms with Crippen LogP contribution in [0, 0.1) is 0 Å². The molecule has 3 nitrogen and oxygen atoms in total. The Morgan fingerprint density at radius 2 is 1.20 bits per heavy atom. The van der Waals surface area contributed by atoms with Crippen molar-refractivity contribution in [1.29, 1.82) is 0 Å². The van der Waals surface area contributed by atoms with E-state index < -0.39 is 0 Å². The van der Waals surface area contributed by atoms with E-state index in [-0.39, 0.29) is 6.85 Å². The van der Waals surface area contributed by atoms with Gasteiger partial charge >= 0.3 is 6.85 Å². The van der Waals surface area contributed by atoms with Crippen LogP contribution in [-0.2, 0) is 0 Å². The molecule has 5 heteroatoms. The monoisotopic (exact) mass is 666 g/mol. The van der Waals surface area contributed by atoms with E-state index in [9.17, 15) is 1.37 Å². The van der Waals surface area contributed by atoms with Gasteiger partial charge in [0, 0.05) is 32.0 Å². The molecule has 0 bridgehead atoms. The quantitative estimate of drug-likeness (QED) is 0.176. The zero-order chi connectivity index (χ0) is 34.3. The van der Waals surface area contributed by atoms with Crippen LogP contribution in [0.1, 0.15) is 1.37 Å². The molecule has 8 aromatic carbocycles. The van der Waals surface area contributed by atoms with Crippen molar-refractivity contribution in [3.05, 3.63) is 170 Å². The van der Waals surface area contributed by atoms with Crippen molar-refractivity contribution in [2.45, 2.75) is 0 Å². The van der Waals surface area contributed by atoms with Crippen LogP contribution in [0.2, 0.25) is 0 Å². The first kappa shape index (κ1) is 27.5. The molecule has 0 amide bonds. The van der Waals surface area contributed by atoms with Gasteiger partial charge in [0.25, 0.3) is 0 Å². The smallest absolute Gasteiger partial charge is 0.332 e. The van der Waals surface area contributed by atoms with Gasteiger partial charge in [0.15, 0.2) is 0 Å². The second kappa shape index (κ2) is 11.1. The van der Waals surface area contributed by atoms with Crippen LogP contribution in [0.3, 0.4) is 0 Å². The third kappa shape index (κ3) is 4.19. The highest BCUT2D eigenvalue weighted by Crippen LogP contribution is 2.54. The van der Waals surface area contributed by atoms with Gasteiger partial charge in [-0.05, 0) is 44.7 Å². The van der Waals surface area contributed by atoms with Crippen molar-refractivity contribution < 1.29 is 1.37 Å². The van der Waals surface area contributed by atoms with Gasteiger partial charge in [-0.3, -0.25) is 0 Å². The highest BCUT2D eigenvalue weighted by atomic mass is 32.1. The largest absolute Gasteiger partial charge is 0.344 e. The minimum absolute atomic E-state index is 0.375. The molecular formula is C46H28BN3S. The molecule has 2 aromatic heterocycles. The van der Waals surface area contributed by atoms with Crippen molar-refractivity contribution in [1.82, 2.24) is 9.97 Å². The molecule has 236 valence electrons. The number of fused-ring (bicyclic) bond motifs is 13. The van der Waals surface area contributed by atoms with Crippen LogP contribution < -0.4 is 15.7 Å². The molecule has 1 aliphatic heterocycles. The second-order valence-corrected chi connectivity index (χ2v) is 14.2. The lowest BCUT2D eigenvalue weighted by Crippen LogP contribution is -2.58. The fourth-order valence-corrected chi connectivity index (χ4v) is 9.51. The maximum atomic E-state index is 9.81. The Morgan fingerprint density at radius 1 is 0.549 bits per heavy atom. The standard InChI is InChI=1S/C46H28BN3S/c1-3-16-30(17-4-1)43-35-23-11-13-25-38(35)48-46(49-43)50-44-42(34-22-10-9-21-33(34)40-36-24-12-14-26-39(36)51-45(40)44)41-32-20-8-7-15-29(32)27-28-37(41)47(50)31-18-5-2-6-19-31/h1-28H/i28D. The van der Waals surface area contributed by atoms with Gasteiger partial charge < -0.3 is 4.81 Å². The molecule has 1 aliphatic rings. The zero-order valence-corrected chi connectivity index (χ0v) is 28.2. The molecule has 0 spiro atoms. The molecule has 0 N–H and O–H groups in total. The molecule has 0 atom stereocenters. The number of anilines is 2. The van der Waals surface area contributed by atoms with E-state index in [4.69, 9.17) is 9.97 Å². The van der Waals surface area contributed by atoms with E-state index in [1.165, 1.54) is 25.6 Å². The van der Waals surface area contributed by atoms with Gasteiger partial charge in [-0.15, -0.1) is 11.3 Å². The Bertz CT molecular complexity index is 3050. The number of hydrogen-bond donors (Lipinski definition) is 0. The fraction of sp³-hybridized carbons (Fsp3) is 0. The van der Waals surface area contributed by atoms with Crippen LogP contribution in [0.15, 0.2) is 170 Å². The van der Waals surface area contributed by atoms with E-state index in [0.717, 1.165) is 66.1 Å². The van der Waals surface area contributed by atoms with Crippen LogP contribution >= 0.6 is 11.3 Å². The summed E-state index contributed by atoms with van der Waals surface area (Å²) in [6.45, 7) is -0.375. The molecule has 3 heterocycles. The first-order valence-corrected chi connectivity index (χ1v) is 18.1. The Labute approximate surface area is 300 Å². The summed E-state index contributed by atoms with van der Waals surface area (Å²) in [6, 6.07) is 58.0. The van der Waals surface area contributed by atoms with E-state index >= 15 is 0 Å². The summed E-state index contributed by atoms with van der Waals surface area (Å²) in [5.41, 5.74) is 8.17. The Hall–Kier alpha value is -6.30. The lowest BCUT2D eigenvalue weighted by molar-refractivity contribution is 1.16. The Kier molecular flexibility index (Phi) is 5.99. The minimum Gasteiger partial charge on any atom is -0.344 e. The molecule has 10 aromatic rings. The first-order valence-electron chi connectivity index (χ1n) is 17.8. The summed E-state index contributed by atoms with van der Waals surface area (Å²) in [4.78, 5) is 13.3. The summed E-state index contributed by atoms with van der Waals surface area (Å²) in [6.07, 6.45) is 0. The summed E-state index contributed by atoms with van der Waals surface area (Å²) < 4.78 is 12.2. The molecule has 0 unspecified atom stereocenters. The van der Waals surface area contributed by atoms with Gasteiger partial charge in [-0.1, -0.05) is 163 Å². The van der Waals surface area contributed by atoms with E-state index in [2.05, 4.69) is 150 Å². The maximum absolute atomic E-state index is 9.81. The average Bonchev–Trinajstić information content (AvgIpc) is 3.60. The number of hydrogen-bond acceptors (Lipinski definition) is 4. The summed E-state index contributed by atoms with van der Waals surface area (Å²) in [5, 5.41) is 8.06. The van der Waals surface area contributed by atoms with Gasteiger partial charge in [0.1, 0.15) is 0 Å². The normalized spacial score (nSPS) is 12.9. The average molecular weight is 667 g/mol. The highest BCUT2D eigenvalue weighted by Gasteiger charge is 2.42. The number of thiophene rings is 1. The molecule has 0 saturated carbocycles. The van der Waals surface area contributed by atoms with Gasteiger partial charge in [-0.2, -0.15) is 0 Å². The summed E-state index contributed by atoms with van der Waals surface area (Å²) >= 11 is 1.83. The van der Waals surface area contributed by atoms with Gasteiger partial charge in [0.2, 0.25) is 5.95 Å². The third-order valence-corrected chi connectivity index (χ3v) is 11.6. The van der Waals surface area contributed by atoms with E-state index in [0.29, 0.717) is 12.0 Å². The molecule has 0 radical (unpaired) electrons. The van der Waals surface area contributed by atoms with E-state index in [1.807, 2.05) is 29.5 Å². The van der Waals surface area contributed by atoms with Crippen LogP contribution in [0.5, 0.6) is 0 Å². The van der Waals surface area contributed by atoms with Crippen LogP contribution in [0.25, 0.3) is 75.0 Å². The number of benzene rings is 8. The van der Waals surface area contributed by atoms with Crippen molar-refractivity contribution in [2.24, 2.45) is 0 Å². The van der Waals surface area contributed by atoms with Gasteiger partial charge in [-0.25, -0.2) is 9.97 Å². The Balaban J connectivity index is 1.39. The van der Waals surface area contributed by atoms with Crippen LogP contribution in [-0.4, -0.2) is 16.8 Å². The predicted octanol–water partition coefficient (Wildman–Crippen LogP) is 10.9. The van der Waals surface area contributed by atoms with Gasteiger partial charge in [0.05, 0.1) is 23.0 Å². The molecule has 51 heavy (non-hydrogen) atoms. The van der Waals surface area contributed by atoms with Crippen molar-refractivity contribution in [2.75, 3.05) is 4.81 Å². The number of nitrogens with zero attached hydrogens (tertiary/aromatic N) is 3. The fourth-order valence-electron chi connectivity index (χ4n) is 8.24. The van der Waals surface area contributed by atoms with Crippen LogP contribution in [0.4, 0.5) is 11.6 Å². The van der Waals surface area contributed by atoms with Crippen molar-refractivity contribution >= 4 is 93.4 Å². The molecule has 0 saturated heterocycles. The number of rotatable bonds is 3. The molecule has 0 aliphatic carbocycles. The molecule has 11 rings (SSSR count). The Morgan fingerprint density at radius 3 is 2.02 bits per heavy atom. The SMILES string of the molecule is [2H]c1cc2ccccc2c2c1B(c1ccccc1)N(c1nc(-c3ccccc3)c3ccccc3n1)c1c-2c2ccccc2c2c1sc1ccccc12. The highest BCUT2D eigenvalue weighted by molar-refractivity contribution is 7.26. The number of para-hydroxylation sites is 1. The lowest BCUT2D eigenvalue weighted by Gasteiger charge is -2.39. The predicted molar refractivity (Wildman–Crippen MR) is 218 cm³/mol. The van der Waals surface area contributed by atoms with Crippen molar-refractivity contribution in [3.8, 4) is 22.4 Å².